The Labute approximate surface area is 149 Å². The minimum Gasteiger partial charge on any atom is -0.442 e. The Morgan fingerprint density at radius 2 is 1.88 bits per heavy atom. The SMILES string of the molecule is O=C(Nc1nc(Cl)sc1-c1ccccc1)OC12CC[NH+](CC1)CC2. The number of halogens is 1. The highest BCUT2D eigenvalue weighted by atomic mass is 35.5. The smallest absolute Gasteiger partial charge is 0.413 e. The summed E-state index contributed by atoms with van der Waals surface area (Å²) in [6.45, 7) is 3.27. The Hall–Kier alpha value is -1.63. The lowest BCUT2D eigenvalue weighted by molar-refractivity contribution is -0.918. The molecular formula is C17H19ClN3O2S+. The maximum Gasteiger partial charge on any atom is 0.413 e. The van der Waals surface area contributed by atoms with E-state index in [0.717, 1.165) is 49.3 Å². The van der Waals surface area contributed by atoms with E-state index in [1.54, 1.807) is 4.90 Å². The summed E-state index contributed by atoms with van der Waals surface area (Å²) in [5.74, 6) is 0.469. The topological polar surface area (TPSA) is 55.7 Å². The summed E-state index contributed by atoms with van der Waals surface area (Å²) >= 11 is 7.41. The van der Waals surface area contributed by atoms with E-state index >= 15 is 0 Å². The maximum atomic E-state index is 12.4. The number of amides is 1. The molecule has 5 rings (SSSR count). The Balaban J connectivity index is 1.50. The summed E-state index contributed by atoms with van der Waals surface area (Å²) in [6, 6.07) is 9.78. The third kappa shape index (κ3) is 3.14. The molecule has 0 saturated carbocycles. The van der Waals surface area contributed by atoms with Crippen LogP contribution in [0.3, 0.4) is 0 Å². The van der Waals surface area contributed by atoms with Gasteiger partial charge < -0.3 is 9.64 Å². The van der Waals surface area contributed by atoms with Crippen molar-refractivity contribution in [2.75, 3.05) is 25.0 Å². The van der Waals surface area contributed by atoms with Crippen molar-refractivity contribution < 1.29 is 14.4 Å². The number of fused-ring (bicyclic) bond motifs is 3. The van der Waals surface area contributed by atoms with Gasteiger partial charge in [0.05, 0.1) is 24.5 Å². The second kappa shape index (κ2) is 6.35. The molecule has 2 bridgehead atoms. The molecule has 5 nitrogen and oxygen atoms in total. The van der Waals surface area contributed by atoms with Crippen LogP contribution in [0.15, 0.2) is 30.3 Å². The van der Waals surface area contributed by atoms with Crippen molar-refractivity contribution in [1.29, 1.82) is 0 Å². The van der Waals surface area contributed by atoms with E-state index < -0.39 is 6.09 Å². The summed E-state index contributed by atoms with van der Waals surface area (Å²) in [5, 5.41) is 2.80. The lowest BCUT2D eigenvalue weighted by atomic mass is 9.83. The van der Waals surface area contributed by atoms with E-state index in [4.69, 9.17) is 16.3 Å². The number of aromatic nitrogens is 1. The summed E-state index contributed by atoms with van der Waals surface area (Å²) in [5.41, 5.74) is 0.684. The average Bonchev–Trinajstić information content (AvgIpc) is 2.97. The van der Waals surface area contributed by atoms with Gasteiger partial charge in [0.25, 0.3) is 0 Å². The van der Waals surface area contributed by atoms with Gasteiger partial charge in [0.15, 0.2) is 10.3 Å². The van der Waals surface area contributed by atoms with Gasteiger partial charge in [-0.2, -0.15) is 0 Å². The fourth-order valence-corrected chi connectivity index (χ4v) is 4.67. The molecule has 2 aromatic rings. The first-order valence-electron chi connectivity index (χ1n) is 8.19. The predicted octanol–water partition coefficient (Wildman–Crippen LogP) is 2.83. The molecule has 7 heteroatoms. The maximum absolute atomic E-state index is 12.4. The summed E-state index contributed by atoms with van der Waals surface area (Å²) in [4.78, 5) is 19.2. The number of hydrogen-bond acceptors (Lipinski definition) is 4. The number of ether oxygens (including phenoxy) is 1. The van der Waals surface area contributed by atoms with Crippen LogP contribution < -0.4 is 10.2 Å². The van der Waals surface area contributed by atoms with Gasteiger partial charge >= 0.3 is 6.09 Å². The number of nitrogens with one attached hydrogen (secondary N) is 2. The van der Waals surface area contributed by atoms with Gasteiger partial charge in [-0.3, -0.25) is 5.32 Å². The molecule has 1 aromatic heterocycles. The van der Waals surface area contributed by atoms with E-state index in [2.05, 4.69) is 10.3 Å². The molecule has 3 aliphatic rings. The number of benzene rings is 1. The molecule has 24 heavy (non-hydrogen) atoms. The number of carbonyl (C=O) groups excluding carboxylic acids is 1. The number of nitrogens with zero attached hydrogens (tertiary/aromatic N) is 1. The monoisotopic (exact) mass is 364 g/mol. The molecule has 3 fully saturated rings. The number of quaternary nitrogens is 1. The molecule has 0 radical (unpaired) electrons. The van der Waals surface area contributed by atoms with E-state index in [1.807, 2.05) is 30.3 Å². The van der Waals surface area contributed by atoms with Crippen LogP contribution >= 0.6 is 22.9 Å². The van der Waals surface area contributed by atoms with Crippen LogP contribution in [0.4, 0.5) is 10.6 Å². The van der Waals surface area contributed by atoms with Crippen molar-refractivity contribution in [3.05, 3.63) is 34.8 Å². The van der Waals surface area contributed by atoms with E-state index in [9.17, 15) is 4.79 Å². The van der Waals surface area contributed by atoms with Crippen LogP contribution in [0.5, 0.6) is 0 Å². The fourth-order valence-electron chi connectivity index (χ4n) is 3.60. The van der Waals surface area contributed by atoms with Gasteiger partial charge in [-0.25, -0.2) is 9.78 Å². The van der Waals surface area contributed by atoms with Gasteiger partial charge in [0, 0.05) is 19.3 Å². The van der Waals surface area contributed by atoms with Crippen LogP contribution in [0.1, 0.15) is 19.3 Å². The highest BCUT2D eigenvalue weighted by Crippen LogP contribution is 2.36. The van der Waals surface area contributed by atoms with Crippen molar-refractivity contribution in [3.63, 3.8) is 0 Å². The molecule has 1 aromatic carbocycles. The van der Waals surface area contributed by atoms with Gasteiger partial charge in [0.1, 0.15) is 5.60 Å². The predicted molar refractivity (Wildman–Crippen MR) is 94.8 cm³/mol. The number of thiazole rings is 1. The lowest BCUT2D eigenvalue weighted by Gasteiger charge is -2.44. The third-order valence-electron chi connectivity index (χ3n) is 4.97. The molecule has 0 aliphatic carbocycles. The number of hydrogen-bond donors (Lipinski definition) is 2. The van der Waals surface area contributed by atoms with Gasteiger partial charge in [-0.15, -0.1) is 11.3 Å². The number of rotatable bonds is 3. The van der Waals surface area contributed by atoms with Gasteiger partial charge in [0.2, 0.25) is 0 Å². The van der Waals surface area contributed by atoms with Crippen molar-refractivity contribution >= 4 is 34.8 Å². The minimum atomic E-state index is -0.431. The highest BCUT2D eigenvalue weighted by molar-refractivity contribution is 7.19. The average molecular weight is 365 g/mol. The van der Waals surface area contributed by atoms with Crippen molar-refractivity contribution in [1.82, 2.24) is 4.98 Å². The first-order chi connectivity index (χ1) is 11.6. The minimum absolute atomic E-state index is 0.293. The Morgan fingerprint density at radius 1 is 1.21 bits per heavy atom. The molecule has 3 saturated heterocycles. The zero-order valence-corrected chi connectivity index (χ0v) is 14.8. The normalized spacial score (nSPS) is 25.5. The number of anilines is 1. The zero-order chi connectivity index (χ0) is 16.6. The zero-order valence-electron chi connectivity index (χ0n) is 13.2. The molecular weight excluding hydrogens is 346 g/mol. The second-order valence-electron chi connectivity index (χ2n) is 6.46. The van der Waals surface area contributed by atoms with Crippen molar-refractivity contribution in [3.8, 4) is 10.4 Å². The Bertz CT molecular complexity index is 728. The van der Waals surface area contributed by atoms with E-state index in [0.29, 0.717) is 10.3 Å². The van der Waals surface area contributed by atoms with Crippen molar-refractivity contribution in [2.45, 2.75) is 24.9 Å². The molecule has 2 N–H and O–H groups in total. The molecule has 0 atom stereocenters. The molecule has 4 heterocycles. The van der Waals surface area contributed by atoms with Crippen LogP contribution in [-0.2, 0) is 4.74 Å². The van der Waals surface area contributed by atoms with E-state index in [-0.39, 0.29) is 5.60 Å². The summed E-state index contributed by atoms with van der Waals surface area (Å²) < 4.78 is 6.23. The standard InChI is InChI=1S/C17H18ClN3O2S/c18-15-19-14(13(24-15)12-4-2-1-3-5-12)20-16(22)23-17-6-9-21(10-7-17)11-8-17/h1-5H,6-11H2,(H,20,22)/p+1. The number of carbonyl (C=O) groups is 1. The third-order valence-corrected chi connectivity index (χ3v) is 6.18. The second-order valence-corrected chi connectivity index (χ2v) is 8.04. The van der Waals surface area contributed by atoms with Crippen LogP contribution in [0.2, 0.25) is 4.47 Å². The van der Waals surface area contributed by atoms with Gasteiger partial charge in [-0.05, 0) is 5.56 Å². The molecule has 3 aliphatic heterocycles. The molecule has 126 valence electrons. The van der Waals surface area contributed by atoms with Crippen LogP contribution in [0, 0.1) is 0 Å². The molecule has 0 spiro atoms. The Morgan fingerprint density at radius 3 is 2.54 bits per heavy atom. The van der Waals surface area contributed by atoms with Crippen LogP contribution in [0.25, 0.3) is 10.4 Å². The first-order valence-corrected chi connectivity index (χ1v) is 9.38. The van der Waals surface area contributed by atoms with Crippen molar-refractivity contribution in [2.24, 2.45) is 0 Å². The summed E-state index contributed by atoms with van der Waals surface area (Å²) in [6.07, 6.45) is 2.40. The fraction of sp³-hybridized carbons (Fsp3) is 0.412. The summed E-state index contributed by atoms with van der Waals surface area (Å²) in [7, 11) is 0. The lowest BCUT2D eigenvalue weighted by Crippen LogP contribution is -3.16. The van der Waals surface area contributed by atoms with E-state index in [1.165, 1.54) is 11.3 Å². The molecule has 0 unspecified atom stereocenters. The number of piperidine rings is 3. The first kappa shape index (κ1) is 15.9. The van der Waals surface area contributed by atoms with Crippen LogP contribution in [-0.4, -0.2) is 36.3 Å². The Kier molecular flexibility index (Phi) is 4.20. The highest BCUT2D eigenvalue weighted by Gasteiger charge is 2.45. The largest absolute Gasteiger partial charge is 0.442 e. The molecule has 1 amide bonds. The van der Waals surface area contributed by atoms with Gasteiger partial charge in [-0.1, -0.05) is 41.9 Å². The quantitative estimate of drug-likeness (QED) is 0.880.